The number of anilines is 1. The van der Waals surface area contributed by atoms with Crippen molar-refractivity contribution in [1.82, 2.24) is 4.90 Å². The minimum absolute atomic E-state index is 0.0174. The van der Waals surface area contributed by atoms with Gasteiger partial charge in [0.25, 0.3) is 5.91 Å². The Morgan fingerprint density at radius 2 is 1.55 bits per heavy atom. The van der Waals surface area contributed by atoms with Crippen LogP contribution in [-0.4, -0.2) is 23.3 Å². The largest absolute Gasteiger partial charge is 0.419 e. The van der Waals surface area contributed by atoms with Crippen LogP contribution in [0.1, 0.15) is 38.2 Å². The molecule has 0 aromatic heterocycles. The smallest absolute Gasteiger partial charge is 0.334 e. The van der Waals surface area contributed by atoms with Crippen LogP contribution in [0.5, 0.6) is 0 Å². The van der Waals surface area contributed by atoms with E-state index in [4.69, 9.17) is 11.6 Å². The first-order chi connectivity index (χ1) is 17.8. The van der Waals surface area contributed by atoms with Gasteiger partial charge in [0.05, 0.1) is 33.8 Å². The number of carbonyl (C=O) groups excluding carboxylic acids is 2. The van der Waals surface area contributed by atoms with Gasteiger partial charge >= 0.3 is 12.4 Å². The molecule has 0 radical (unpaired) electrons. The molecule has 12 heteroatoms. The summed E-state index contributed by atoms with van der Waals surface area (Å²) in [7, 11) is 0. The predicted octanol–water partition coefficient (Wildman–Crippen LogP) is 6.90. The van der Waals surface area contributed by atoms with Crippen molar-refractivity contribution in [3.05, 3.63) is 98.8 Å². The predicted molar refractivity (Wildman–Crippen MR) is 125 cm³/mol. The number of amides is 2. The molecule has 4 nitrogen and oxygen atoms in total. The van der Waals surface area contributed by atoms with Crippen molar-refractivity contribution in [2.45, 2.75) is 31.7 Å². The van der Waals surface area contributed by atoms with Crippen LogP contribution in [0.3, 0.4) is 0 Å². The van der Waals surface area contributed by atoms with Crippen molar-refractivity contribution in [3.8, 4) is 0 Å². The molecule has 0 unspecified atom stereocenters. The lowest BCUT2D eigenvalue weighted by Gasteiger charge is -2.31. The molecule has 0 aliphatic carbocycles. The van der Waals surface area contributed by atoms with Gasteiger partial charge in [0, 0.05) is 13.1 Å². The molecule has 0 spiro atoms. The fourth-order valence-electron chi connectivity index (χ4n) is 4.32. The molecule has 1 aliphatic heterocycles. The number of fused-ring (bicyclic) bond motifs is 1. The van der Waals surface area contributed by atoms with Gasteiger partial charge < -0.3 is 10.2 Å². The molecule has 0 saturated heterocycles. The highest BCUT2D eigenvalue weighted by Gasteiger charge is 2.37. The first kappa shape index (κ1) is 27.4. The van der Waals surface area contributed by atoms with Crippen LogP contribution < -0.4 is 5.32 Å². The van der Waals surface area contributed by atoms with Crippen LogP contribution in [-0.2, 0) is 36.5 Å². The SMILES string of the molecule is O=C(Cc1cccc(C(F)(F)F)c1F)Nc1c(Cl)ccc2c1CCN(C(=O)c1ccccc1C(F)(F)F)C2. The topological polar surface area (TPSA) is 49.4 Å². The molecule has 38 heavy (non-hydrogen) atoms. The molecule has 0 fully saturated rings. The summed E-state index contributed by atoms with van der Waals surface area (Å²) in [6, 6.07) is 10.1. The van der Waals surface area contributed by atoms with Crippen LogP contribution in [0.2, 0.25) is 5.02 Å². The second kappa shape index (κ2) is 10.3. The van der Waals surface area contributed by atoms with Crippen LogP contribution in [0.25, 0.3) is 0 Å². The van der Waals surface area contributed by atoms with E-state index >= 15 is 0 Å². The molecule has 1 aliphatic rings. The second-order valence-corrected chi connectivity index (χ2v) is 8.99. The maximum absolute atomic E-state index is 14.3. The zero-order valence-electron chi connectivity index (χ0n) is 19.3. The van der Waals surface area contributed by atoms with Crippen molar-refractivity contribution < 1.29 is 40.3 Å². The summed E-state index contributed by atoms with van der Waals surface area (Å²) in [5.74, 6) is -3.19. The van der Waals surface area contributed by atoms with Gasteiger partial charge in [-0.15, -0.1) is 0 Å². The Hall–Kier alpha value is -3.60. The Morgan fingerprint density at radius 3 is 2.24 bits per heavy atom. The number of nitrogens with zero attached hydrogens (tertiary/aromatic N) is 1. The number of carbonyl (C=O) groups is 2. The minimum Gasteiger partial charge on any atom is -0.334 e. The molecule has 3 aromatic rings. The Bertz CT molecular complexity index is 1400. The lowest BCUT2D eigenvalue weighted by atomic mass is 9.96. The Morgan fingerprint density at radius 1 is 0.895 bits per heavy atom. The number of halogens is 8. The second-order valence-electron chi connectivity index (χ2n) is 8.58. The van der Waals surface area contributed by atoms with Gasteiger partial charge in [-0.2, -0.15) is 26.3 Å². The molecule has 2 amide bonds. The van der Waals surface area contributed by atoms with E-state index < -0.39 is 58.7 Å². The number of benzene rings is 3. The van der Waals surface area contributed by atoms with Crippen LogP contribution in [0.4, 0.5) is 36.4 Å². The van der Waals surface area contributed by atoms with Crippen molar-refractivity contribution in [2.75, 3.05) is 11.9 Å². The van der Waals surface area contributed by atoms with Gasteiger partial charge in [0.1, 0.15) is 5.82 Å². The minimum atomic E-state index is -4.93. The zero-order valence-corrected chi connectivity index (χ0v) is 20.1. The van der Waals surface area contributed by atoms with Crippen molar-refractivity contribution >= 4 is 29.1 Å². The van der Waals surface area contributed by atoms with E-state index in [-0.39, 0.29) is 30.2 Å². The number of nitrogens with one attached hydrogen (secondary N) is 1. The molecule has 1 N–H and O–H groups in total. The average molecular weight is 559 g/mol. The van der Waals surface area contributed by atoms with E-state index in [9.17, 15) is 40.3 Å². The monoisotopic (exact) mass is 558 g/mol. The lowest BCUT2D eigenvalue weighted by molar-refractivity contribution is -0.140. The normalized spacial score (nSPS) is 13.7. The fourth-order valence-corrected chi connectivity index (χ4v) is 4.54. The first-order valence-corrected chi connectivity index (χ1v) is 11.6. The van der Waals surface area contributed by atoms with E-state index in [1.54, 1.807) is 6.07 Å². The molecule has 3 aromatic carbocycles. The summed E-state index contributed by atoms with van der Waals surface area (Å²) in [5.41, 5.74) is -2.32. The van der Waals surface area contributed by atoms with E-state index in [0.717, 1.165) is 24.3 Å². The molecular weight excluding hydrogens is 541 g/mol. The summed E-state index contributed by atoms with van der Waals surface area (Å²) < 4.78 is 93.5. The van der Waals surface area contributed by atoms with Gasteiger partial charge in [0.15, 0.2) is 0 Å². The lowest BCUT2D eigenvalue weighted by Crippen LogP contribution is -2.37. The quantitative estimate of drug-likeness (QED) is 0.354. The fraction of sp³-hybridized carbons (Fsp3) is 0.231. The average Bonchev–Trinajstić information content (AvgIpc) is 2.85. The molecule has 0 saturated carbocycles. The third-order valence-electron chi connectivity index (χ3n) is 6.10. The number of hydrogen-bond acceptors (Lipinski definition) is 2. The third kappa shape index (κ3) is 5.62. The van der Waals surface area contributed by atoms with E-state index in [2.05, 4.69) is 5.32 Å². The summed E-state index contributed by atoms with van der Waals surface area (Å²) in [5, 5.41) is 2.61. The van der Waals surface area contributed by atoms with Crippen LogP contribution >= 0.6 is 11.6 Å². The summed E-state index contributed by atoms with van der Waals surface area (Å²) in [4.78, 5) is 26.8. The standard InChI is InChI=1S/C26H18ClF7N2O2/c27-20-9-8-15-13-36(24(38)17-5-1-2-6-18(17)25(29,30)31)11-10-16(15)23(20)35-21(37)12-14-4-3-7-19(22(14)28)26(32,33)34/h1-9H,10-13H2,(H,35,37). The first-order valence-electron chi connectivity index (χ1n) is 11.2. The van der Waals surface area contributed by atoms with Crippen molar-refractivity contribution in [1.29, 1.82) is 0 Å². The maximum Gasteiger partial charge on any atom is 0.419 e. The summed E-state index contributed by atoms with van der Waals surface area (Å²) in [6.45, 7) is -0.0495. The van der Waals surface area contributed by atoms with E-state index in [1.165, 1.54) is 23.1 Å². The van der Waals surface area contributed by atoms with Crippen LogP contribution in [0.15, 0.2) is 54.6 Å². The number of alkyl halides is 6. The molecular formula is C26H18ClF7N2O2. The molecule has 0 atom stereocenters. The zero-order chi connectivity index (χ0) is 27.8. The van der Waals surface area contributed by atoms with Gasteiger partial charge in [0.2, 0.25) is 5.91 Å². The molecule has 0 bridgehead atoms. The maximum atomic E-state index is 14.3. The highest BCUT2D eigenvalue weighted by atomic mass is 35.5. The molecule has 4 rings (SSSR count). The van der Waals surface area contributed by atoms with Crippen LogP contribution in [0, 0.1) is 5.82 Å². The highest BCUT2D eigenvalue weighted by Crippen LogP contribution is 2.36. The Balaban J connectivity index is 1.55. The van der Waals surface area contributed by atoms with E-state index in [1.807, 2.05) is 0 Å². The summed E-state index contributed by atoms with van der Waals surface area (Å²) >= 11 is 6.25. The van der Waals surface area contributed by atoms with Gasteiger partial charge in [-0.1, -0.05) is 41.9 Å². The van der Waals surface area contributed by atoms with Crippen molar-refractivity contribution in [3.63, 3.8) is 0 Å². The van der Waals surface area contributed by atoms with Gasteiger partial charge in [-0.3, -0.25) is 9.59 Å². The van der Waals surface area contributed by atoms with Gasteiger partial charge in [-0.05, 0) is 47.4 Å². The Kier molecular flexibility index (Phi) is 7.42. The van der Waals surface area contributed by atoms with Gasteiger partial charge in [-0.25, -0.2) is 4.39 Å². The Labute approximate surface area is 217 Å². The molecule has 1 heterocycles. The summed E-state index contributed by atoms with van der Waals surface area (Å²) in [6.07, 6.45) is -10.2. The third-order valence-corrected chi connectivity index (χ3v) is 6.42. The van der Waals surface area contributed by atoms with E-state index in [0.29, 0.717) is 17.2 Å². The number of hydrogen-bond donors (Lipinski definition) is 1. The van der Waals surface area contributed by atoms with Crippen molar-refractivity contribution in [2.24, 2.45) is 0 Å². The highest BCUT2D eigenvalue weighted by molar-refractivity contribution is 6.34. The molecule has 200 valence electrons. The number of rotatable bonds is 4.